The standard InChI is InChI=1S/C31H31N3O6/c1-38-23-10-7-20(8-11-23)13-14-32-29(35)22-4-3-15-33(18-22)25-6-2-5-24-28(25)31(37)34(30(24)36)17-21-9-12-26-27(16-21)40-19-39-26/h2,5-12,16,22H,3-4,13-15,17-19H2,1H3,(H,32,35). The van der Waals surface area contributed by atoms with Crippen LogP contribution in [0.4, 0.5) is 5.69 Å². The molecule has 3 heterocycles. The molecule has 1 saturated heterocycles. The fourth-order valence-corrected chi connectivity index (χ4v) is 5.62. The van der Waals surface area contributed by atoms with Gasteiger partial charge in [0.15, 0.2) is 11.5 Å². The van der Waals surface area contributed by atoms with Gasteiger partial charge in [-0.3, -0.25) is 19.3 Å². The highest BCUT2D eigenvalue weighted by atomic mass is 16.7. The van der Waals surface area contributed by atoms with Gasteiger partial charge in [-0.1, -0.05) is 24.3 Å². The fourth-order valence-electron chi connectivity index (χ4n) is 5.62. The van der Waals surface area contributed by atoms with Gasteiger partial charge < -0.3 is 24.4 Å². The largest absolute Gasteiger partial charge is 0.497 e. The summed E-state index contributed by atoms with van der Waals surface area (Å²) in [4.78, 5) is 43.3. The van der Waals surface area contributed by atoms with Crippen LogP contribution in [0.2, 0.25) is 0 Å². The minimum absolute atomic E-state index is 0.0117. The molecule has 9 heteroatoms. The van der Waals surface area contributed by atoms with Gasteiger partial charge >= 0.3 is 0 Å². The van der Waals surface area contributed by atoms with E-state index in [1.54, 1.807) is 25.3 Å². The smallest absolute Gasteiger partial charge is 0.263 e. The molecule has 0 bridgehead atoms. The van der Waals surface area contributed by atoms with E-state index in [-0.39, 0.29) is 37.0 Å². The number of hydrogen-bond acceptors (Lipinski definition) is 7. The van der Waals surface area contributed by atoms with Crippen LogP contribution < -0.4 is 24.4 Å². The Morgan fingerprint density at radius 1 is 1.00 bits per heavy atom. The number of nitrogens with zero attached hydrogens (tertiary/aromatic N) is 2. The molecule has 3 aliphatic rings. The van der Waals surface area contributed by atoms with Crippen LogP contribution in [-0.4, -0.2) is 56.2 Å². The second kappa shape index (κ2) is 10.9. The molecule has 3 aromatic rings. The lowest BCUT2D eigenvalue weighted by molar-refractivity contribution is -0.125. The van der Waals surface area contributed by atoms with Crippen molar-refractivity contribution in [3.8, 4) is 17.2 Å². The molecule has 0 spiro atoms. The number of benzene rings is 3. The number of rotatable bonds is 8. The molecule has 0 radical (unpaired) electrons. The van der Waals surface area contributed by atoms with Crippen LogP contribution in [0.15, 0.2) is 60.7 Å². The number of anilines is 1. The van der Waals surface area contributed by atoms with Crippen LogP contribution >= 0.6 is 0 Å². The molecule has 1 atom stereocenters. The van der Waals surface area contributed by atoms with E-state index in [2.05, 4.69) is 10.2 Å². The summed E-state index contributed by atoms with van der Waals surface area (Å²) in [5.74, 6) is 1.24. The molecule has 0 saturated carbocycles. The monoisotopic (exact) mass is 541 g/mol. The Labute approximate surface area is 232 Å². The van der Waals surface area contributed by atoms with Crippen molar-refractivity contribution in [2.45, 2.75) is 25.8 Å². The third-order valence-corrected chi connectivity index (χ3v) is 7.76. The van der Waals surface area contributed by atoms with Gasteiger partial charge in [-0.15, -0.1) is 0 Å². The highest BCUT2D eigenvalue weighted by Crippen LogP contribution is 2.36. The van der Waals surface area contributed by atoms with Crippen molar-refractivity contribution < 1.29 is 28.6 Å². The second-order valence-electron chi connectivity index (χ2n) is 10.3. The van der Waals surface area contributed by atoms with E-state index in [1.807, 2.05) is 42.5 Å². The quantitative estimate of drug-likeness (QED) is 0.434. The van der Waals surface area contributed by atoms with E-state index in [1.165, 1.54) is 4.90 Å². The van der Waals surface area contributed by atoms with Crippen molar-refractivity contribution >= 4 is 23.4 Å². The number of ether oxygens (including phenoxy) is 3. The molecule has 1 unspecified atom stereocenters. The SMILES string of the molecule is COc1ccc(CCNC(=O)C2CCCN(c3cccc4c3C(=O)N(Cc3ccc5c(c3)OCO5)C4=O)C2)cc1. The number of amides is 3. The number of carbonyl (C=O) groups excluding carboxylic acids is 3. The van der Waals surface area contributed by atoms with E-state index >= 15 is 0 Å². The predicted octanol–water partition coefficient (Wildman–Crippen LogP) is 3.80. The number of piperidine rings is 1. The van der Waals surface area contributed by atoms with Gasteiger partial charge in [0.1, 0.15) is 5.75 Å². The van der Waals surface area contributed by atoms with Gasteiger partial charge in [-0.05, 0) is 66.8 Å². The van der Waals surface area contributed by atoms with Crippen molar-refractivity contribution in [3.63, 3.8) is 0 Å². The highest BCUT2D eigenvalue weighted by molar-refractivity contribution is 6.23. The molecular weight excluding hydrogens is 510 g/mol. The lowest BCUT2D eigenvalue weighted by Gasteiger charge is -2.34. The first-order valence-corrected chi connectivity index (χ1v) is 13.5. The molecule has 3 aliphatic heterocycles. The summed E-state index contributed by atoms with van der Waals surface area (Å²) in [6.07, 6.45) is 2.33. The van der Waals surface area contributed by atoms with Crippen LogP contribution in [0.3, 0.4) is 0 Å². The van der Waals surface area contributed by atoms with Crippen LogP contribution in [0.1, 0.15) is 44.7 Å². The lowest BCUT2D eigenvalue weighted by atomic mass is 9.95. The van der Waals surface area contributed by atoms with E-state index < -0.39 is 0 Å². The Morgan fingerprint density at radius 3 is 2.62 bits per heavy atom. The molecule has 3 amide bonds. The van der Waals surface area contributed by atoms with Gasteiger partial charge in [-0.2, -0.15) is 0 Å². The average Bonchev–Trinajstić information content (AvgIpc) is 3.56. The first-order valence-electron chi connectivity index (χ1n) is 13.5. The number of hydrogen-bond donors (Lipinski definition) is 1. The predicted molar refractivity (Wildman–Crippen MR) is 148 cm³/mol. The minimum atomic E-state index is -0.320. The number of methoxy groups -OCH3 is 1. The maximum Gasteiger partial charge on any atom is 0.263 e. The Hall–Kier alpha value is -4.53. The summed E-state index contributed by atoms with van der Waals surface area (Å²) < 4.78 is 16.0. The summed E-state index contributed by atoms with van der Waals surface area (Å²) >= 11 is 0. The number of fused-ring (bicyclic) bond motifs is 2. The van der Waals surface area contributed by atoms with E-state index in [9.17, 15) is 14.4 Å². The average molecular weight is 542 g/mol. The van der Waals surface area contributed by atoms with E-state index in [0.717, 1.165) is 42.7 Å². The summed E-state index contributed by atoms with van der Waals surface area (Å²) in [6, 6.07) is 18.6. The Bertz CT molecular complexity index is 1450. The van der Waals surface area contributed by atoms with Crippen LogP contribution in [0.25, 0.3) is 0 Å². The molecule has 1 fully saturated rings. The molecule has 0 aromatic heterocycles. The highest BCUT2D eigenvalue weighted by Gasteiger charge is 2.39. The van der Waals surface area contributed by atoms with Gasteiger partial charge in [0.05, 0.1) is 36.4 Å². The summed E-state index contributed by atoms with van der Waals surface area (Å²) in [5.41, 5.74) is 3.42. The number of carbonyl (C=O) groups is 3. The molecular formula is C31H31N3O6. The molecule has 0 aliphatic carbocycles. The van der Waals surface area contributed by atoms with Crippen LogP contribution in [0, 0.1) is 5.92 Å². The van der Waals surface area contributed by atoms with E-state index in [4.69, 9.17) is 14.2 Å². The molecule has 6 rings (SSSR count). The van der Waals surface area contributed by atoms with Gasteiger partial charge in [-0.25, -0.2) is 0 Å². The lowest BCUT2D eigenvalue weighted by Crippen LogP contribution is -2.44. The van der Waals surface area contributed by atoms with E-state index in [0.29, 0.717) is 41.4 Å². The fraction of sp³-hybridized carbons (Fsp3) is 0.323. The van der Waals surface area contributed by atoms with Crippen molar-refractivity contribution in [1.82, 2.24) is 10.2 Å². The number of imide groups is 1. The summed E-state index contributed by atoms with van der Waals surface area (Å²) in [6.45, 7) is 2.06. The Kier molecular flexibility index (Phi) is 7.02. The first kappa shape index (κ1) is 25.7. The third kappa shape index (κ3) is 4.95. The van der Waals surface area contributed by atoms with Gasteiger partial charge in [0, 0.05) is 19.6 Å². The Balaban J connectivity index is 1.12. The molecule has 206 valence electrons. The van der Waals surface area contributed by atoms with Crippen molar-refractivity contribution in [2.24, 2.45) is 5.92 Å². The molecule has 3 aromatic carbocycles. The zero-order valence-corrected chi connectivity index (χ0v) is 22.4. The maximum absolute atomic E-state index is 13.6. The summed E-state index contributed by atoms with van der Waals surface area (Å²) in [5, 5.41) is 3.08. The molecule has 1 N–H and O–H groups in total. The molecule has 40 heavy (non-hydrogen) atoms. The minimum Gasteiger partial charge on any atom is -0.497 e. The second-order valence-corrected chi connectivity index (χ2v) is 10.3. The van der Waals surface area contributed by atoms with Crippen molar-refractivity contribution in [3.05, 3.63) is 82.9 Å². The van der Waals surface area contributed by atoms with Crippen LogP contribution in [0.5, 0.6) is 17.2 Å². The van der Waals surface area contributed by atoms with Crippen molar-refractivity contribution in [2.75, 3.05) is 38.4 Å². The third-order valence-electron chi connectivity index (χ3n) is 7.76. The van der Waals surface area contributed by atoms with Crippen molar-refractivity contribution in [1.29, 1.82) is 0 Å². The summed E-state index contributed by atoms with van der Waals surface area (Å²) in [7, 11) is 1.64. The van der Waals surface area contributed by atoms with Gasteiger partial charge in [0.2, 0.25) is 12.7 Å². The zero-order valence-electron chi connectivity index (χ0n) is 22.4. The normalized spacial score (nSPS) is 17.7. The van der Waals surface area contributed by atoms with Crippen LogP contribution in [-0.2, 0) is 17.8 Å². The first-order chi connectivity index (χ1) is 19.5. The Morgan fingerprint density at radius 2 is 1.80 bits per heavy atom. The topological polar surface area (TPSA) is 97.4 Å². The van der Waals surface area contributed by atoms with Gasteiger partial charge in [0.25, 0.3) is 11.8 Å². The maximum atomic E-state index is 13.6. The zero-order chi connectivity index (χ0) is 27.6. The molecule has 9 nitrogen and oxygen atoms in total. The number of nitrogens with one attached hydrogen (secondary N) is 1.